The van der Waals surface area contributed by atoms with Gasteiger partial charge in [-0.2, -0.15) is 5.10 Å². The molecule has 4 rings (SSSR count). The second-order valence-electron chi connectivity index (χ2n) is 8.28. The van der Waals surface area contributed by atoms with Gasteiger partial charge in [-0.25, -0.2) is 4.79 Å². The molecule has 2 aromatic heterocycles. The Balaban J connectivity index is 1.39. The lowest BCUT2D eigenvalue weighted by Gasteiger charge is -2.41. The van der Waals surface area contributed by atoms with Gasteiger partial charge in [-0.05, 0) is 44.2 Å². The summed E-state index contributed by atoms with van der Waals surface area (Å²) < 4.78 is 1.81. The van der Waals surface area contributed by atoms with E-state index in [9.17, 15) is 9.59 Å². The standard InChI is InChI=1S/C22H30N6O2/c1-3-28-21(30)27(11-5-7-18-6-4-10-23-14-18)20(29)22(28)8-12-26(13-9-22)17-19-15-24-25(2)16-19/h4,6,10,14-16H,3,5,7-9,11-13,17H2,1-2H3. The molecule has 2 aromatic rings. The second kappa shape index (κ2) is 8.55. The highest BCUT2D eigenvalue weighted by molar-refractivity contribution is 6.07. The van der Waals surface area contributed by atoms with Gasteiger partial charge in [0, 0.05) is 63.9 Å². The fraction of sp³-hybridized carbons (Fsp3) is 0.545. The van der Waals surface area contributed by atoms with E-state index in [4.69, 9.17) is 0 Å². The number of piperidine rings is 1. The smallest absolute Gasteiger partial charge is 0.310 e. The maximum atomic E-state index is 13.4. The Hall–Kier alpha value is -2.74. The number of imide groups is 1. The molecule has 160 valence electrons. The number of pyridine rings is 1. The molecule has 0 unspecified atom stereocenters. The van der Waals surface area contributed by atoms with E-state index in [-0.39, 0.29) is 11.9 Å². The number of aromatic nitrogens is 3. The average molecular weight is 411 g/mol. The number of likely N-dealkylation sites (tertiary alicyclic amines) is 1. The van der Waals surface area contributed by atoms with Crippen molar-refractivity contribution in [2.45, 2.75) is 44.7 Å². The molecule has 0 radical (unpaired) electrons. The van der Waals surface area contributed by atoms with Crippen LogP contribution in [0.3, 0.4) is 0 Å². The molecule has 3 amide bonds. The number of hydrogen-bond donors (Lipinski definition) is 0. The number of likely N-dealkylation sites (N-methyl/N-ethyl adjacent to an activating group) is 1. The highest BCUT2D eigenvalue weighted by atomic mass is 16.2. The van der Waals surface area contributed by atoms with Crippen molar-refractivity contribution in [3.05, 3.63) is 48.0 Å². The van der Waals surface area contributed by atoms with E-state index in [2.05, 4.69) is 15.0 Å². The van der Waals surface area contributed by atoms with E-state index in [0.29, 0.717) is 25.9 Å². The monoisotopic (exact) mass is 410 g/mol. The molecule has 0 aromatic carbocycles. The molecule has 0 atom stereocenters. The number of aryl methyl sites for hydroxylation is 2. The summed E-state index contributed by atoms with van der Waals surface area (Å²) in [6.45, 7) is 5.42. The molecular formula is C22H30N6O2. The zero-order chi connectivity index (χ0) is 21.1. The Morgan fingerprint density at radius 1 is 1.13 bits per heavy atom. The first-order chi connectivity index (χ1) is 14.5. The topological polar surface area (TPSA) is 74.6 Å². The fourth-order valence-corrected chi connectivity index (χ4v) is 4.78. The Morgan fingerprint density at radius 2 is 1.93 bits per heavy atom. The van der Waals surface area contributed by atoms with Gasteiger partial charge in [0.25, 0.3) is 5.91 Å². The highest BCUT2D eigenvalue weighted by Gasteiger charge is 2.57. The van der Waals surface area contributed by atoms with Crippen LogP contribution >= 0.6 is 0 Å². The minimum absolute atomic E-state index is 0.0124. The van der Waals surface area contributed by atoms with Crippen LogP contribution < -0.4 is 0 Å². The minimum atomic E-state index is -0.675. The normalized spacial score (nSPS) is 19.3. The average Bonchev–Trinajstić information content (AvgIpc) is 3.24. The van der Waals surface area contributed by atoms with Crippen LogP contribution in [-0.2, 0) is 24.8 Å². The molecular weight excluding hydrogens is 380 g/mol. The number of urea groups is 1. The lowest BCUT2D eigenvalue weighted by molar-refractivity contribution is -0.135. The largest absolute Gasteiger partial charge is 0.327 e. The van der Waals surface area contributed by atoms with Crippen LogP contribution in [0.2, 0.25) is 0 Å². The first-order valence-corrected chi connectivity index (χ1v) is 10.8. The molecule has 2 fully saturated rings. The van der Waals surface area contributed by atoms with Crippen molar-refractivity contribution in [1.29, 1.82) is 0 Å². The summed E-state index contributed by atoms with van der Waals surface area (Å²) in [5, 5.41) is 4.23. The van der Waals surface area contributed by atoms with Crippen molar-refractivity contribution in [2.75, 3.05) is 26.2 Å². The van der Waals surface area contributed by atoms with Crippen LogP contribution in [0.1, 0.15) is 37.3 Å². The third-order valence-electron chi connectivity index (χ3n) is 6.36. The third kappa shape index (κ3) is 3.84. The van der Waals surface area contributed by atoms with Gasteiger partial charge in [0.2, 0.25) is 0 Å². The molecule has 2 aliphatic heterocycles. The summed E-state index contributed by atoms with van der Waals surface area (Å²) in [6, 6.07) is 3.81. The molecule has 0 bridgehead atoms. The fourth-order valence-electron chi connectivity index (χ4n) is 4.78. The number of hydrogen-bond acceptors (Lipinski definition) is 5. The van der Waals surface area contributed by atoms with Crippen molar-refractivity contribution in [1.82, 2.24) is 29.5 Å². The molecule has 0 saturated carbocycles. The van der Waals surface area contributed by atoms with E-state index in [1.165, 1.54) is 10.5 Å². The Morgan fingerprint density at radius 3 is 2.57 bits per heavy atom. The van der Waals surface area contributed by atoms with E-state index in [1.807, 2.05) is 49.4 Å². The van der Waals surface area contributed by atoms with E-state index >= 15 is 0 Å². The lowest BCUT2D eigenvalue weighted by Crippen LogP contribution is -2.56. The quantitative estimate of drug-likeness (QED) is 0.654. The van der Waals surface area contributed by atoms with Gasteiger partial charge < -0.3 is 4.90 Å². The molecule has 30 heavy (non-hydrogen) atoms. The van der Waals surface area contributed by atoms with Gasteiger partial charge >= 0.3 is 6.03 Å². The van der Waals surface area contributed by atoms with Crippen molar-refractivity contribution in [3.8, 4) is 0 Å². The van der Waals surface area contributed by atoms with E-state index < -0.39 is 5.54 Å². The van der Waals surface area contributed by atoms with Crippen LogP contribution in [0.5, 0.6) is 0 Å². The van der Waals surface area contributed by atoms with Crippen LogP contribution in [0.15, 0.2) is 36.9 Å². The van der Waals surface area contributed by atoms with Crippen LogP contribution in [0.4, 0.5) is 4.79 Å². The maximum absolute atomic E-state index is 13.4. The Bertz CT molecular complexity index is 888. The maximum Gasteiger partial charge on any atom is 0.327 e. The third-order valence-corrected chi connectivity index (χ3v) is 6.36. The zero-order valence-corrected chi connectivity index (χ0v) is 17.8. The predicted molar refractivity (Wildman–Crippen MR) is 112 cm³/mol. The molecule has 8 heteroatoms. The lowest BCUT2D eigenvalue weighted by atomic mass is 9.85. The molecule has 0 N–H and O–H groups in total. The van der Waals surface area contributed by atoms with Gasteiger partial charge in [-0.3, -0.25) is 24.3 Å². The molecule has 2 aliphatic rings. The second-order valence-corrected chi connectivity index (χ2v) is 8.28. The number of carbonyl (C=O) groups is 2. The highest BCUT2D eigenvalue weighted by Crippen LogP contribution is 2.37. The van der Waals surface area contributed by atoms with Crippen molar-refractivity contribution >= 4 is 11.9 Å². The summed E-state index contributed by atoms with van der Waals surface area (Å²) in [4.78, 5) is 36.2. The Kier molecular flexibility index (Phi) is 5.85. The minimum Gasteiger partial charge on any atom is -0.310 e. The summed E-state index contributed by atoms with van der Waals surface area (Å²) >= 11 is 0. The van der Waals surface area contributed by atoms with Crippen LogP contribution in [-0.4, -0.2) is 73.1 Å². The molecule has 4 heterocycles. The predicted octanol–water partition coefficient (Wildman–Crippen LogP) is 2.07. The Labute approximate surface area is 177 Å². The summed E-state index contributed by atoms with van der Waals surface area (Å²) in [6.07, 6.45) is 10.4. The van der Waals surface area contributed by atoms with E-state index in [1.54, 1.807) is 11.1 Å². The van der Waals surface area contributed by atoms with Crippen LogP contribution in [0, 0.1) is 0 Å². The van der Waals surface area contributed by atoms with Gasteiger partial charge in [0.15, 0.2) is 0 Å². The molecule has 0 aliphatic carbocycles. The summed E-state index contributed by atoms with van der Waals surface area (Å²) in [7, 11) is 1.92. The molecule has 1 spiro atoms. The zero-order valence-electron chi connectivity index (χ0n) is 17.8. The first kappa shape index (κ1) is 20.5. The number of carbonyl (C=O) groups excluding carboxylic acids is 2. The number of nitrogens with zero attached hydrogens (tertiary/aromatic N) is 6. The van der Waals surface area contributed by atoms with Crippen molar-refractivity contribution in [3.63, 3.8) is 0 Å². The molecule has 2 saturated heterocycles. The first-order valence-electron chi connectivity index (χ1n) is 10.8. The van der Waals surface area contributed by atoms with Gasteiger partial charge in [-0.15, -0.1) is 0 Å². The van der Waals surface area contributed by atoms with Gasteiger partial charge in [0.1, 0.15) is 5.54 Å². The van der Waals surface area contributed by atoms with Gasteiger partial charge in [0.05, 0.1) is 6.20 Å². The number of rotatable bonds is 7. The van der Waals surface area contributed by atoms with Crippen molar-refractivity contribution in [2.24, 2.45) is 7.05 Å². The number of amides is 3. The molecule has 8 nitrogen and oxygen atoms in total. The van der Waals surface area contributed by atoms with E-state index in [0.717, 1.165) is 38.0 Å². The van der Waals surface area contributed by atoms with Crippen molar-refractivity contribution < 1.29 is 9.59 Å². The summed E-state index contributed by atoms with van der Waals surface area (Å²) in [5.41, 5.74) is 1.62. The summed E-state index contributed by atoms with van der Waals surface area (Å²) in [5.74, 6) is -0.0124. The van der Waals surface area contributed by atoms with Gasteiger partial charge in [-0.1, -0.05) is 6.07 Å². The van der Waals surface area contributed by atoms with Crippen LogP contribution in [0.25, 0.3) is 0 Å². The SMILES string of the molecule is CCN1C(=O)N(CCCc2cccnc2)C(=O)C12CCN(Cc1cnn(C)c1)CC2.